The molecule has 0 amide bonds. The lowest BCUT2D eigenvalue weighted by Crippen LogP contribution is -1.99. The second kappa shape index (κ2) is 4.81. The Balaban J connectivity index is 2.45. The Bertz CT molecular complexity index is 721. The summed E-state index contributed by atoms with van der Waals surface area (Å²) in [7, 11) is -3.27. The van der Waals surface area contributed by atoms with Crippen molar-refractivity contribution in [3.05, 3.63) is 48.3 Å². The van der Waals surface area contributed by atoms with Crippen molar-refractivity contribution in [1.29, 1.82) is 0 Å². The number of hydrogen-bond donors (Lipinski definition) is 1. The minimum Gasteiger partial charge on any atom is -0.477 e. The van der Waals surface area contributed by atoms with Crippen molar-refractivity contribution in [3.63, 3.8) is 0 Å². The van der Waals surface area contributed by atoms with Crippen molar-refractivity contribution in [2.24, 2.45) is 0 Å². The lowest BCUT2D eigenvalue weighted by atomic mass is 10.1. The van der Waals surface area contributed by atoms with E-state index in [-0.39, 0.29) is 10.6 Å². The van der Waals surface area contributed by atoms with Gasteiger partial charge in [-0.15, -0.1) is 0 Å². The van der Waals surface area contributed by atoms with E-state index in [1.165, 1.54) is 24.4 Å². The van der Waals surface area contributed by atoms with Crippen molar-refractivity contribution >= 4 is 15.8 Å². The van der Waals surface area contributed by atoms with E-state index in [1.807, 2.05) is 0 Å². The fourth-order valence-corrected chi connectivity index (χ4v) is 2.26. The van der Waals surface area contributed by atoms with Crippen molar-refractivity contribution in [2.75, 3.05) is 6.26 Å². The average Bonchev–Trinajstić information content (AvgIpc) is 2.38. The van der Waals surface area contributed by atoms with E-state index in [0.29, 0.717) is 11.1 Å². The summed E-state index contributed by atoms with van der Waals surface area (Å²) < 4.78 is 22.9. The van der Waals surface area contributed by atoms with Gasteiger partial charge in [0.2, 0.25) is 0 Å². The van der Waals surface area contributed by atoms with Crippen molar-refractivity contribution < 1.29 is 18.3 Å². The summed E-state index contributed by atoms with van der Waals surface area (Å²) in [6.45, 7) is 0. The highest BCUT2D eigenvalue weighted by Gasteiger charge is 2.09. The average molecular weight is 277 g/mol. The van der Waals surface area contributed by atoms with Gasteiger partial charge in [0.1, 0.15) is 5.69 Å². The predicted molar refractivity (Wildman–Crippen MR) is 69.7 cm³/mol. The molecule has 2 aromatic rings. The standard InChI is InChI=1S/C13H11NO4S/c1-19(17,18)11-4-2-3-9(7-11)10-5-6-12(13(15)16)14-8-10/h2-8H,1H3,(H,15,16). The van der Waals surface area contributed by atoms with E-state index in [0.717, 1.165) is 6.26 Å². The number of benzene rings is 1. The topological polar surface area (TPSA) is 84.3 Å². The van der Waals surface area contributed by atoms with Crippen LogP contribution in [0.1, 0.15) is 10.5 Å². The summed E-state index contributed by atoms with van der Waals surface area (Å²) in [5, 5.41) is 8.76. The quantitative estimate of drug-likeness (QED) is 0.925. The van der Waals surface area contributed by atoms with Crippen LogP contribution in [-0.4, -0.2) is 30.7 Å². The van der Waals surface area contributed by atoms with Crippen LogP contribution in [0.15, 0.2) is 47.5 Å². The fourth-order valence-electron chi connectivity index (χ4n) is 1.60. The van der Waals surface area contributed by atoms with Gasteiger partial charge in [-0.25, -0.2) is 18.2 Å². The summed E-state index contributed by atoms with van der Waals surface area (Å²) in [4.78, 5) is 14.7. The van der Waals surface area contributed by atoms with E-state index in [4.69, 9.17) is 5.11 Å². The Hall–Kier alpha value is -2.21. The molecule has 0 spiro atoms. The maximum atomic E-state index is 11.5. The second-order valence-electron chi connectivity index (χ2n) is 4.04. The first-order valence-corrected chi connectivity index (χ1v) is 7.27. The third-order valence-electron chi connectivity index (χ3n) is 2.58. The number of nitrogens with zero attached hydrogens (tertiary/aromatic N) is 1. The third kappa shape index (κ3) is 2.97. The van der Waals surface area contributed by atoms with Gasteiger partial charge in [0.15, 0.2) is 9.84 Å². The maximum Gasteiger partial charge on any atom is 0.354 e. The number of carbonyl (C=O) groups is 1. The number of aromatic nitrogens is 1. The first kappa shape index (κ1) is 13.2. The van der Waals surface area contributed by atoms with Gasteiger partial charge >= 0.3 is 5.97 Å². The lowest BCUT2D eigenvalue weighted by molar-refractivity contribution is 0.0690. The van der Waals surface area contributed by atoms with Crippen LogP contribution >= 0.6 is 0 Å². The molecule has 0 fully saturated rings. The molecule has 1 heterocycles. The molecule has 0 unspecified atom stereocenters. The van der Waals surface area contributed by atoms with Gasteiger partial charge in [0.05, 0.1) is 4.90 Å². The molecule has 0 radical (unpaired) electrons. The molecule has 1 N–H and O–H groups in total. The smallest absolute Gasteiger partial charge is 0.354 e. The number of hydrogen-bond acceptors (Lipinski definition) is 4. The number of carboxylic acids is 1. The van der Waals surface area contributed by atoms with Crippen molar-refractivity contribution in [3.8, 4) is 11.1 Å². The van der Waals surface area contributed by atoms with Gasteiger partial charge in [-0.1, -0.05) is 18.2 Å². The van der Waals surface area contributed by atoms with E-state index >= 15 is 0 Å². The zero-order chi connectivity index (χ0) is 14.0. The second-order valence-corrected chi connectivity index (χ2v) is 6.05. The summed E-state index contributed by atoms with van der Waals surface area (Å²) in [5.41, 5.74) is 1.28. The fraction of sp³-hybridized carbons (Fsp3) is 0.0769. The molecule has 1 aromatic carbocycles. The molecule has 5 nitrogen and oxygen atoms in total. The molecular formula is C13H11NO4S. The zero-order valence-electron chi connectivity index (χ0n) is 10.1. The van der Waals surface area contributed by atoms with Crippen LogP contribution in [0, 0.1) is 0 Å². The third-order valence-corrected chi connectivity index (χ3v) is 3.69. The highest BCUT2D eigenvalue weighted by Crippen LogP contribution is 2.22. The molecular weight excluding hydrogens is 266 g/mol. The van der Waals surface area contributed by atoms with Crippen LogP contribution in [0.3, 0.4) is 0 Å². The van der Waals surface area contributed by atoms with Crippen molar-refractivity contribution in [1.82, 2.24) is 4.98 Å². The lowest BCUT2D eigenvalue weighted by Gasteiger charge is -2.04. The molecule has 98 valence electrons. The molecule has 0 atom stereocenters. The molecule has 2 rings (SSSR count). The molecule has 0 aliphatic carbocycles. The van der Waals surface area contributed by atoms with Crippen molar-refractivity contribution in [2.45, 2.75) is 4.90 Å². The molecule has 0 bridgehead atoms. The number of pyridine rings is 1. The van der Waals surface area contributed by atoms with Crippen LogP contribution in [0.5, 0.6) is 0 Å². The molecule has 0 aliphatic heterocycles. The Kier molecular flexibility index (Phi) is 3.35. The SMILES string of the molecule is CS(=O)(=O)c1cccc(-c2ccc(C(=O)O)nc2)c1. The highest BCUT2D eigenvalue weighted by molar-refractivity contribution is 7.90. The van der Waals surface area contributed by atoms with E-state index in [1.54, 1.807) is 18.2 Å². The van der Waals surface area contributed by atoms with Crippen LogP contribution in [0.25, 0.3) is 11.1 Å². The molecule has 1 aromatic heterocycles. The molecule has 0 aliphatic rings. The summed E-state index contributed by atoms with van der Waals surface area (Å²) in [6, 6.07) is 9.40. The number of carboxylic acid groups (broad SMARTS) is 1. The highest BCUT2D eigenvalue weighted by atomic mass is 32.2. The van der Waals surface area contributed by atoms with Gasteiger partial charge in [-0.3, -0.25) is 0 Å². The predicted octanol–water partition coefficient (Wildman–Crippen LogP) is 1.85. The minimum atomic E-state index is -3.27. The monoisotopic (exact) mass is 277 g/mol. The van der Waals surface area contributed by atoms with Gasteiger partial charge in [0.25, 0.3) is 0 Å². The van der Waals surface area contributed by atoms with Gasteiger partial charge in [0, 0.05) is 18.0 Å². The largest absolute Gasteiger partial charge is 0.477 e. The number of aromatic carboxylic acids is 1. The van der Waals surface area contributed by atoms with Crippen LogP contribution in [0.2, 0.25) is 0 Å². The molecule has 19 heavy (non-hydrogen) atoms. The van der Waals surface area contributed by atoms with E-state index in [9.17, 15) is 13.2 Å². The Labute approximate surface area is 110 Å². The molecule has 0 saturated heterocycles. The van der Waals surface area contributed by atoms with Crippen LogP contribution in [-0.2, 0) is 9.84 Å². The Morgan fingerprint density at radius 1 is 1.16 bits per heavy atom. The first-order chi connectivity index (χ1) is 8.88. The van der Waals surface area contributed by atoms with Gasteiger partial charge < -0.3 is 5.11 Å². The van der Waals surface area contributed by atoms with E-state index < -0.39 is 15.8 Å². The number of sulfone groups is 1. The van der Waals surface area contributed by atoms with Crippen LogP contribution < -0.4 is 0 Å². The first-order valence-electron chi connectivity index (χ1n) is 5.38. The zero-order valence-corrected chi connectivity index (χ0v) is 10.9. The number of rotatable bonds is 3. The molecule has 6 heteroatoms. The van der Waals surface area contributed by atoms with Gasteiger partial charge in [-0.05, 0) is 23.8 Å². The van der Waals surface area contributed by atoms with E-state index in [2.05, 4.69) is 4.98 Å². The summed E-state index contributed by atoms with van der Waals surface area (Å²) >= 11 is 0. The Morgan fingerprint density at radius 2 is 1.89 bits per heavy atom. The normalized spacial score (nSPS) is 11.2. The Morgan fingerprint density at radius 3 is 2.42 bits per heavy atom. The minimum absolute atomic E-state index is 0.0528. The summed E-state index contributed by atoms with van der Waals surface area (Å²) in [5.74, 6) is -1.10. The summed E-state index contributed by atoms with van der Waals surface area (Å²) in [6.07, 6.45) is 2.54. The van der Waals surface area contributed by atoms with Crippen LogP contribution in [0.4, 0.5) is 0 Å². The maximum absolute atomic E-state index is 11.5. The van der Waals surface area contributed by atoms with Gasteiger partial charge in [-0.2, -0.15) is 0 Å². The molecule has 0 saturated carbocycles.